The number of nitrogens with two attached hydrogens (primary N) is 1. The van der Waals surface area contributed by atoms with Crippen molar-refractivity contribution >= 4 is 27.4 Å². The van der Waals surface area contributed by atoms with Gasteiger partial charge in [0.1, 0.15) is 10.6 Å². The highest BCUT2D eigenvalue weighted by Crippen LogP contribution is 2.55. The molecule has 1 saturated carbocycles. The van der Waals surface area contributed by atoms with Crippen molar-refractivity contribution in [2.24, 2.45) is 0 Å². The minimum Gasteiger partial charge on any atom is -0.384 e. The van der Waals surface area contributed by atoms with E-state index in [1.165, 1.54) is 30.3 Å². The van der Waals surface area contributed by atoms with Gasteiger partial charge in [0.15, 0.2) is 27.3 Å². The predicted molar refractivity (Wildman–Crippen MR) is 119 cm³/mol. The molecule has 1 aliphatic rings. The number of hydrogen-bond donors (Lipinski definition) is 3. The van der Waals surface area contributed by atoms with Gasteiger partial charge in [-0.3, -0.25) is 0 Å². The van der Waals surface area contributed by atoms with Crippen LogP contribution in [0.4, 0.5) is 33.9 Å². The van der Waals surface area contributed by atoms with Crippen LogP contribution < -0.4 is 16.4 Å². The summed E-state index contributed by atoms with van der Waals surface area (Å²) >= 11 is 0. The fourth-order valence-electron chi connectivity index (χ4n) is 3.52. The molecule has 0 atom stereocenters. The predicted octanol–water partition coefficient (Wildman–Crippen LogP) is 3.85. The van der Waals surface area contributed by atoms with Gasteiger partial charge in [0.2, 0.25) is 0 Å². The number of carbonyl (C=O) groups is 1. The first-order valence-electron chi connectivity index (χ1n) is 10.3. The number of anilines is 2. The molecule has 3 aromatic rings. The Morgan fingerprint density at radius 2 is 1.71 bits per heavy atom. The molecule has 13 heteroatoms. The molecule has 4 N–H and O–H groups in total. The highest BCUT2D eigenvalue weighted by molar-refractivity contribution is 7.92. The highest BCUT2D eigenvalue weighted by Gasteiger charge is 2.58. The molecule has 1 fully saturated rings. The molecule has 35 heavy (non-hydrogen) atoms. The van der Waals surface area contributed by atoms with Gasteiger partial charge in [0, 0.05) is 17.3 Å². The maximum atomic E-state index is 13.7. The number of halogens is 4. The summed E-state index contributed by atoms with van der Waals surface area (Å²) in [5.74, 6) is -2.32. The highest BCUT2D eigenvalue weighted by atomic mass is 32.2. The molecule has 1 aromatic heterocycles. The van der Waals surface area contributed by atoms with Crippen LogP contribution in [0.2, 0.25) is 0 Å². The number of aromatic nitrogens is 2. The molecule has 8 nitrogen and oxygen atoms in total. The van der Waals surface area contributed by atoms with Crippen LogP contribution in [-0.4, -0.2) is 37.4 Å². The zero-order valence-electron chi connectivity index (χ0n) is 17.9. The molecule has 0 spiro atoms. The number of nitrogens with zero attached hydrogens (tertiary/aromatic N) is 2. The van der Waals surface area contributed by atoms with Gasteiger partial charge in [0.05, 0.1) is 17.1 Å². The molecule has 0 aliphatic heterocycles. The van der Waals surface area contributed by atoms with Crippen LogP contribution in [0.25, 0.3) is 11.4 Å². The Morgan fingerprint density at radius 3 is 2.31 bits per heavy atom. The zero-order valence-corrected chi connectivity index (χ0v) is 18.8. The summed E-state index contributed by atoms with van der Waals surface area (Å²) < 4.78 is 76.6. The molecule has 4 rings (SSSR count). The van der Waals surface area contributed by atoms with Gasteiger partial charge in [-0.15, -0.1) is 0 Å². The summed E-state index contributed by atoms with van der Waals surface area (Å²) in [5, 5.41) is 4.40. The molecule has 0 bridgehead atoms. The Kier molecular flexibility index (Phi) is 6.36. The molecule has 2 amide bonds. The average Bonchev–Trinajstić information content (AvgIpc) is 3.62. The van der Waals surface area contributed by atoms with Crippen molar-refractivity contribution in [3.05, 3.63) is 65.9 Å². The van der Waals surface area contributed by atoms with Gasteiger partial charge in [-0.2, -0.15) is 0 Å². The van der Waals surface area contributed by atoms with Crippen molar-refractivity contribution in [3.8, 4) is 11.4 Å². The Balaban J connectivity index is 1.61. The summed E-state index contributed by atoms with van der Waals surface area (Å²) in [4.78, 5) is 19.8. The number of carbonyl (C=O) groups excluding carboxylic acids is 1. The van der Waals surface area contributed by atoms with E-state index in [-0.39, 0.29) is 35.1 Å². The standard InChI is InChI=1S/C22H19F4N5O3S/c23-15-6-5-14(9-16(15)24)35(33,34)22(7-8-22)17-10-19(27)31-20(30-17)12-1-3-13(4-2-12)29-21(32)28-11-18(25)26/h1-6,9-10,18H,7-8,11H2,(H2,27,30,31)(H2,28,29,32). The molecule has 0 saturated heterocycles. The van der Waals surface area contributed by atoms with E-state index in [1.807, 2.05) is 5.32 Å². The molecule has 0 unspecified atom stereocenters. The summed E-state index contributed by atoms with van der Waals surface area (Å²) in [5.41, 5.74) is 6.79. The van der Waals surface area contributed by atoms with Crippen LogP contribution in [0.15, 0.2) is 53.4 Å². The number of urea groups is 1. The number of amides is 2. The van der Waals surface area contributed by atoms with E-state index in [1.54, 1.807) is 0 Å². The fourth-order valence-corrected chi connectivity index (χ4v) is 5.50. The summed E-state index contributed by atoms with van der Waals surface area (Å²) in [6.45, 7) is -0.793. The second-order valence-corrected chi connectivity index (χ2v) is 10.1. The van der Waals surface area contributed by atoms with E-state index < -0.39 is 45.2 Å². The zero-order chi connectivity index (χ0) is 25.4. The van der Waals surface area contributed by atoms with Gasteiger partial charge >= 0.3 is 6.03 Å². The molecule has 2 aromatic carbocycles. The van der Waals surface area contributed by atoms with E-state index in [0.717, 1.165) is 12.1 Å². The van der Waals surface area contributed by atoms with Crippen LogP contribution in [0.5, 0.6) is 0 Å². The third-order valence-corrected chi connectivity index (χ3v) is 7.97. The maximum absolute atomic E-state index is 13.7. The lowest BCUT2D eigenvalue weighted by Crippen LogP contribution is -2.32. The van der Waals surface area contributed by atoms with Gasteiger partial charge in [0.25, 0.3) is 6.43 Å². The molecular formula is C22H19F4N5O3S. The SMILES string of the molecule is Nc1cc(C2(S(=O)(=O)c3ccc(F)c(F)c3)CC2)nc(-c2ccc(NC(=O)NCC(F)F)cc2)n1. The molecule has 1 aliphatic carbocycles. The monoisotopic (exact) mass is 509 g/mol. The van der Waals surface area contributed by atoms with Crippen LogP contribution >= 0.6 is 0 Å². The van der Waals surface area contributed by atoms with Crippen molar-refractivity contribution in [2.75, 3.05) is 17.6 Å². The number of hydrogen-bond acceptors (Lipinski definition) is 6. The number of sulfone groups is 1. The van der Waals surface area contributed by atoms with Crippen molar-refractivity contribution in [2.45, 2.75) is 28.9 Å². The fraction of sp³-hybridized carbons (Fsp3) is 0.227. The third-order valence-electron chi connectivity index (χ3n) is 5.45. The summed E-state index contributed by atoms with van der Waals surface area (Å²) in [7, 11) is -4.13. The van der Waals surface area contributed by atoms with Gasteiger partial charge in [-0.1, -0.05) is 0 Å². The van der Waals surface area contributed by atoms with E-state index in [9.17, 15) is 30.8 Å². The van der Waals surface area contributed by atoms with Gasteiger partial charge in [-0.25, -0.2) is 40.7 Å². The van der Waals surface area contributed by atoms with Gasteiger partial charge < -0.3 is 16.4 Å². The smallest absolute Gasteiger partial charge is 0.319 e. The first-order valence-corrected chi connectivity index (χ1v) is 11.8. The lowest BCUT2D eigenvalue weighted by molar-refractivity contribution is 0.148. The van der Waals surface area contributed by atoms with Crippen molar-refractivity contribution in [1.29, 1.82) is 0 Å². The van der Waals surface area contributed by atoms with Crippen LogP contribution in [0.1, 0.15) is 18.5 Å². The summed E-state index contributed by atoms with van der Waals surface area (Å²) in [6, 6.07) is 8.94. The lowest BCUT2D eigenvalue weighted by Gasteiger charge is -2.17. The maximum Gasteiger partial charge on any atom is 0.319 e. The molecule has 184 valence electrons. The second-order valence-electron chi connectivity index (χ2n) is 7.88. The van der Waals surface area contributed by atoms with Crippen molar-refractivity contribution in [3.63, 3.8) is 0 Å². The summed E-state index contributed by atoms with van der Waals surface area (Å²) in [6.07, 6.45) is -2.26. The Morgan fingerprint density at radius 1 is 1.03 bits per heavy atom. The Bertz CT molecular complexity index is 1380. The van der Waals surface area contributed by atoms with E-state index in [2.05, 4.69) is 15.3 Å². The van der Waals surface area contributed by atoms with Crippen molar-refractivity contribution in [1.82, 2.24) is 15.3 Å². The molecule has 1 heterocycles. The van der Waals surface area contributed by atoms with E-state index >= 15 is 0 Å². The molecule has 0 radical (unpaired) electrons. The Labute approximate surface area is 197 Å². The molecular weight excluding hydrogens is 490 g/mol. The first-order chi connectivity index (χ1) is 16.5. The average molecular weight is 509 g/mol. The second kappa shape index (κ2) is 9.13. The van der Waals surface area contributed by atoms with Crippen molar-refractivity contribution < 1.29 is 30.8 Å². The number of nitrogens with one attached hydrogen (secondary N) is 2. The first kappa shape index (κ1) is 24.4. The van der Waals surface area contributed by atoms with E-state index in [0.29, 0.717) is 17.3 Å². The van der Waals surface area contributed by atoms with Crippen LogP contribution in [0, 0.1) is 11.6 Å². The van der Waals surface area contributed by atoms with Crippen LogP contribution in [0.3, 0.4) is 0 Å². The number of rotatable bonds is 7. The largest absolute Gasteiger partial charge is 0.384 e. The van der Waals surface area contributed by atoms with Crippen LogP contribution in [-0.2, 0) is 14.6 Å². The quantitative estimate of drug-likeness (QED) is 0.328. The Hall–Kier alpha value is -3.74. The number of benzene rings is 2. The van der Waals surface area contributed by atoms with E-state index in [4.69, 9.17) is 5.73 Å². The topological polar surface area (TPSA) is 127 Å². The minimum atomic E-state index is -4.13. The number of nitrogen functional groups attached to an aromatic ring is 1. The minimum absolute atomic E-state index is 0.00494. The van der Waals surface area contributed by atoms with Gasteiger partial charge in [-0.05, 0) is 55.3 Å². The normalized spacial score (nSPS) is 14.5. The number of alkyl halides is 2. The third kappa shape index (κ3) is 4.90. The lowest BCUT2D eigenvalue weighted by atomic mass is 10.1.